The third kappa shape index (κ3) is 2.64. The highest BCUT2D eigenvalue weighted by molar-refractivity contribution is 7.12. The summed E-state index contributed by atoms with van der Waals surface area (Å²) in [4.78, 5) is 2.82. The molecule has 0 amide bonds. The molecule has 1 aromatic carbocycles. The van der Waals surface area contributed by atoms with Crippen LogP contribution in [0.2, 0.25) is 5.02 Å². The van der Waals surface area contributed by atoms with Crippen LogP contribution in [0.4, 0.5) is 0 Å². The summed E-state index contributed by atoms with van der Waals surface area (Å²) in [5.74, 6) is 0. The van der Waals surface area contributed by atoms with Crippen molar-refractivity contribution in [3.8, 4) is 0 Å². The molecule has 0 radical (unpaired) electrons. The molecule has 0 spiro atoms. The summed E-state index contributed by atoms with van der Waals surface area (Å²) in [6.07, 6.45) is 5.07. The monoisotopic (exact) mass is 324 g/mol. The van der Waals surface area contributed by atoms with Crippen LogP contribution in [0, 0.1) is 13.8 Å². The minimum absolute atomic E-state index is 0.0541. The van der Waals surface area contributed by atoms with Crippen LogP contribution in [0.25, 0.3) is 0 Å². The normalized spacial score (nSPS) is 16.0. The summed E-state index contributed by atoms with van der Waals surface area (Å²) in [7, 11) is 0. The van der Waals surface area contributed by atoms with Crippen LogP contribution in [0.1, 0.15) is 50.2 Å². The summed E-state index contributed by atoms with van der Waals surface area (Å²) >= 11 is 14.8. The molecule has 0 aliphatic heterocycles. The lowest BCUT2D eigenvalue weighted by atomic mass is 9.97. The molecule has 1 aliphatic rings. The highest BCUT2D eigenvalue weighted by atomic mass is 35.5. The second-order valence-corrected chi connectivity index (χ2v) is 7.64. The smallest absolute Gasteiger partial charge is 0.0930 e. The second-order valence-electron chi connectivity index (χ2n) is 5.62. The fourth-order valence-electron chi connectivity index (χ4n) is 2.87. The van der Waals surface area contributed by atoms with Gasteiger partial charge in [-0.3, -0.25) is 0 Å². The van der Waals surface area contributed by atoms with Gasteiger partial charge in [0.1, 0.15) is 0 Å². The molecular weight excluding hydrogens is 307 g/mol. The molecule has 2 aromatic rings. The van der Waals surface area contributed by atoms with Crippen molar-refractivity contribution in [3.63, 3.8) is 0 Å². The number of alkyl halides is 1. The van der Waals surface area contributed by atoms with Gasteiger partial charge in [-0.15, -0.1) is 22.9 Å². The lowest BCUT2D eigenvalue weighted by Gasteiger charge is -2.13. The van der Waals surface area contributed by atoms with E-state index in [9.17, 15) is 0 Å². The van der Waals surface area contributed by atoms with Crippen LogP contribution in [-0.4, -0.2) is 0 Å². The van der Waals surface area contributed by atoms with Gasteiger partial charge in [0, 0.05) is 14.8 Å². The third-order valence-electron chi connectivity index (χ3n) is 4.09. The van der Waals surface area contributed by atoms with E-state index in [-0.39, 0.29) is 5.38 Å². The average molecular weight is 325 g/mol. The molecule has 0 bridgehead atoms. The van der Waals surface area contributed by atoms with Crippen LogP contribution in [0.5, 0.6) is 0 Å². The van der Waals surface area contributed by atoms with E-state index in [4.69, 9.17) is 23.2 Å². The Kier molecular flexibility index (Phi) is 4.12. The Morgan fingerprint density at radius 2 is 1.80 bits per heavy atom. The molecule has 1 aliphatic carbocycles. The van der Waals surface area contributed by atoms with Crippen LogP contribution >= 0.6 is 34.5 Å². The van der Waals surface area contributed by atoms with Gasteiger partial charge in [0.15, 0.2) is 0 Å². The molecule has 1 unspecified atom stereocenters. The summed E-state index contributed by atoms with van der Waals surface area (Å²) in [6.45, 7) is 4.12. The Bertz CT molecular complexity index is 619. The predicted octanol–water partition coefficient (Wildman–Crippen LogP) is 6.23. The first-order valence-electron chi connectivity index (χ1n) is 7.08. The van der Waals surface area contributed by atoms with Gasteiger partial charge in [0.25, 0.3) is 0 Å². The van der Waals surface area contributed by atoms with E-state index in [1.807, 2.05) is 24.3 Å². The van der Waals surface area contributed by atoms with Crippen molar-refractivity contribution in [2.75, 3.05) is 0 Å². The molecular formula is C17H18Cl2S. The molecule has 0 nitrogen and oxygen atoms in total. The van der Waals surface area contributed by atoms with Gasteiger partial charge in [-0.25, -0.2) is 0 Å². The average Bonchev–Trinajstić information content (AvgIpc) is 2.86. The topological polar surface area (TPSA) is 0 Å². The van der Waals surface area contributed by atoms with Gasteiger partial charge in [-0.1, -0.05) is 17.7 Å². The first kappa shape index (κ1) is 14.4. The number of hydrogen-bond donors (Lipinski definition) is 0. The predicted molar refractivity (Wildman–Crippen MR) is 89.6 cm³/mol. The number of aryl methyl sites for hydroxylation is 4. The Hall–Kier alpha value is -0.500. The van der Waals surface area contributed by atoms with Gasteiger partial charge in [0.2, 0.25) is 0 Å². The lowest BCUT2D eigenvalue weighted by molar-refractivity contribution is 0.697. The van der Waals surface area contributed by atoms with Gasteiger partial charge in [-0.05, 0) is 73.9 Å². The number of benzene rings is 1. The van der Waals surface area contributed by atoms with E-state index in [0.29, 0.717) is 0 Å². The molecule has 3 heteroatoms. The van der Waals surface area contributed by atoms with E-state index in [1.54, 1.807) is 4.88 Å². The number of thiophene rings is 1. The molecule has 106 valence electrons. The maximum absolute atomic E-state index is 6.75. The van der Waals surface area contributed by atoms with E-state index >= 15 is 0 Å². The zero-order chi connectivity index (χ0) is 14.3. The Balaban J connectivity index is 1.98. The summed E-state index contributed by atoms with van der Waals surface area (Å²) in [6, 6.07) is 6.48. The highest BCUT2D eigenvalue weighted by Crippen LogP contribution is 2.40. The van der Waals surface area contributed by atoms with E-state index in [0.717, 1.165) is 10.6 Å². The molecule has 0 fully saturated rings. The van der Waals surface area contributed by atoms with Crippen molar-refractivity contribution in [2.24, 2.45) is 0 Å². The van der Waals surface area contributed by atoms with E-state index in [2.05, 4.69) is 19.1 Å². The number of fused-ring (bicyclic) bond motifs is 1. The quantitative estimate of drug-likeness (QED) is 0.575. The third-order valence-corrected chi connectivity index (χ3v) is 6.39. The number of halogens is 2. The fraction of sp³-hybridized carbons (Fsp3) is 0.412. The SMILES string of the molecule is Cc1cc(C(Cl)c2cc3c(s2)CCCC3)c(C)cc1Cl. The molecule has 0 saturated carbocycles. The minimum Gasteiger partial charge on any atom is -0.143 e. The van der Waals surface area contributed by atoms with E-state index < -0.39 is 0 Å². The van der Waals surface area contributed by atoms with Crippen molar-refractivity contribution < 1.29 is 0 Å². The zero-order valence-corrected chi connectivity index (χ0v) is 14.1. The van der Waals surface area contributed by atoms with Gasteiger partial charge >= 0.3 is 0 Å². The van der Waals surface area contributed by atoms with Gasteiger partial charge < -0.3 is 0 Å². The zero-order valence-electron chi connectivity index (χ0n) is 11.8. The highest BCUT2D eigenvalue weighted by Gasteiger charge is 2.20. The van der Waals surface area contributed by atoms with Crippen molar-refractivity contribution in [1.82, 2.24) is 0 Å². The Labute approximate surface area is 134 Å². The van der Waals surface area contributed by atoms with Crippen LogP contribution < -0.4 is 0 Å². The van der Waals surface area contributed by atoms with Crippen molar-refractivity contribution >= 4 is 34.5 Å². The summed E-state index contributed by atoms with van der Waals surface area (Å²) in [5, 5.41) is 0.766. The first-order chi connectivity index (χ1) is 9.56. The summed E-state index contributed by atoms with van der Waals surface area (Å²) in [5.41, 5.74) is 4.98. The van der Waals surface area contributed by atoms with Crippen molar-refractivity contribution in [3.05, 3.63) is 55.2 Å². The first-order valence-corrected chi connectivity index (χ1v) is 8.71. The lowest BCUT2D eigenvalue weighted by Crippen LogP contribution is -1.97. The number of rotatable bonds is 2. The molecule has 20 heavy (non-hydrogen) atoms. The van der Waals surface area contributed by atoms with E-state index in [1.165, 1.54) is 47.3 Å². The molecule has 3 rings (SSSR count). The molecule has 1 aromatic heterocycles. The number of hydrogen-bond acceptors (Lipinski definition) is 1. The standard InChI is InChI=1S/C17H18Cl2S/c1-10-8-14(18)11(2)7-13(10)17(19)16-9-12-5-3-4-6-15(12)20-16/h7-9,17H,3-6H2,1-2H3. The summed E-state index contributed by atoms with van der Waals surface area (Å²) < 4.78 is 0. The van der Waals surface area contributed by atoms with Crippen LogP contribution in [0.3, 0.4) is 0 Å². The maximum atomic E-state index is 6.75. The fourth-order valence-corrected chi connectivity index (χ4v) is 4.77. The maximum Gasteiger partial charge on any atom is 0.0930 e. The van der Waals surface area contributed by atoms with Crippen molar-refractivity contribution in [2.45, 2.75) is 44.9 Å². The Morgan fingerprint density at radius 3 is 2.55 bits per heavy atom. The largest absolute Gasteiger partial charge is 0.143 e. The van der Waals surface area contributed by atoms with Gasteiger partial charge in [0.05, 0.1) is 5.38 Å². The molecule has 0 N–H and O–H groups in total. The molecule has 1 atom stereocenters. The van der Waals surface area contributed by atoms with Crippen LogP contribution in [0.15, 0.2) is 18.2 Å². The second kappa shape index (κ2) is 5.71. The minimum atomic E-state index is -0.0541. The molecule has 0 saturated heterocycles. The van der Waals surface area contributed by atoms with Crippen LogP contribution in [-0.2, 0) is 12.8 Å². The Morgan fingerprint density at radius 1 is 1.05 bits per heavy atom. The molecule has 1 heterocycles. The van der Waals surface area contributed by atoms with Crippen molar-refractivity contribution in [1.29, 1.82) is 0 Å². The van der Waals surface area contributed by atoms with Gasteiger partial charge in [-0.2, -0.15) is 0 Å².